The minimum absolute atomic E-state index is 0.0485. The molecule has 0 aromatic carbocycles. The van der Waals surface area contributed by atoms with Crippen LogP contribution in [0.2, 0.25) is 0 Å². The van der Waals surface area contributed by atoms with Crippen molar-refractivity contribution in [2.24, 2.45) is 10.5 Å². The van der Waals surface area contributed by atoms with E-state index in [1.54, 1.807) is 11.2 Å². The van der Waals surface area contributed by atoms with Gasteiger partial charge in [0.15, 0.2) is 0 Å². The predicted molar refractivity (Wildman–Crippen MR) is 53.9 cm³/mol. The minimum Gasteiger partial charge on any atom is -0.233 e. The molecule has 0 aliphatic rings. The molecular weight excluding hydrogens is 150 g/mol. The molecule has 0 atom stereocenters. The lowest BCUT2D eigenvalue weighted by Crippen LogP contribution is -2.29. The first-order chi connectivity index (χ1) is 5.41. The fourth-order valence-electron chi connectivity index (χ4n) is 0.709. The Morgan fingerprint density at radius 2 is 2.00 bits per heavy atom. The second-order valence-corrected chi connectivity index (χ2v) is 3.69. The highest BCUT2D eigenvalue weighted by molar-refractivity contribution is 5.98. The number of hydrazine groups is 1. The van der Waals surface area contributed by atoms with Gasteiger partial charge in [-0.25, -0.2) is 10.5 Å². The Labute approximate surface area is 75.1 Å². The standard InChI is InChI=1S/C9H19N3/c1-7-8(9(2,3)4)11-12(6)10-5/h7,10H,1H2,2-6H3/b11-8+. The van der Waals surface area contributed by atoms with Gasteiger partial charge in [-0.3, -0.25) is 0 Å². The molecule has 1 N–H and O–H groups in total. The number of hydrogen-bond acceptors (Lipinski definition) is 3. The van der Waals surface area contributed by atoms with Crippen LogP contribution in [0.3, 0.4) is 0 Å². The number of rotatable bonds is 3. The zero-order chi connectivity index (χ0) is 9.78. The van der Waals surface area contributed by atoms with Crippen molar-refractivity contribution in [2.75, 3.05) is 14.1 Å². The van der Waals surface area contributed by atoms with E-state index in [0.29, 0.717) is 0 Å². The molecule has 0 bridgehead atoms. The quantitative estimate of drug-likeness (QED) is 0.514. The number of nitrogens with zero attached hydrogens (tertiary/aromatic N) is 2. The molecule has 3 heteroatoms. The molecule has 0 aromatic rings. The molecule has 0 unspecified atom stereocenters. The second-order valence-electron chi connectivity index (χ2n) is 3.69. The van der Waals surface area contributed by atoms with Crippen LogP contribution in [0.1, 0.15) is 20.8 Å². The Kier molecular flexibility index (Phi) is 3.96. The Balaban J connectivity index is 4.55. The first-order valence-corrected chi connectivity index (χ1v) is 4.04. The van der Waals surface area contributed by atoms with Crippen LogP contribution in [-0.2, 0) is 0 Å². The topological polar surface area (TPSA) is 27.6 Å². The van der Waals surface area contributed by atoms with Gasteiger partial charge in [-0.1, -0.05) is 27.4 Å². The highest BCUT2D eigenvalue weighted by Crippen LogP contribution is 2.16. The summed E-state index contributed by atoms with van der Waals surface area (Å²) in [6.07, 6.45) is 1.79. The zero-order valence-corrected chi connectivity index (χ0v) is 8.68. The van der Waals surface area contributed by atoms with Crippen LogP contribution >= 0.6 is 0 Å². The van der Waals surface area contributed by atoms with Crippen LogP contribution in [0.4, 0.5) is 0 Å². The molecule has 3 nitrogen and oxygen atoms in total. The van der Waals surface area contributed by atoms with Gasteiger partial charge in [0.25, 0.3) is 0 Å². The van der Waals surface area contributed by atoms with E-state index in [1.807, 2.05) is 14.1 Å². The van der Waals surface area contributed by atoms with E-state index in [4.69, 9.17) is 0 Å². The van der Waals surface area contributed by atoms with Crippen molar-refractivity contribution in [2.45, 2.75) is 20.8 Å². The maximum absolute atomic E-state index is 4.31. The number of hydrogen-bond donors (Lipinski definition) is 1. The lowest BCUT2D eigenvalue weighted by Gasteiger charge is -2.21. The number of allylic oxidation sites excluding steroid dienone is 1. The van der Waals surface area contributed by atoms with E-state index in [-0.39, 0.29) is 5.41 Å². The lowest BCUT2D eigenvalue weighted by molar-refractivity contribution is 0.271. The third kappa shape index (κ3) is 3.53. The van der Waals surface area contributed by atoms with E-state index in [1.165, 1.54) is 0 Å². The SMILES string of the molecule is C=C/C(=N\N(C)NC)C(C)(C)C. The Morgan fingerprint density at radius 1 is 1.50 bits per heavy atom. The molecule has 0 fully saturated rings. The van der Waals surface area contributed by atoms with Crippen LogP contribution in [0.15, 0.2) is 17.8 Å². The summed E-state index contributed by atoms with van der Waals surface area (Å²) < 4.78 is 0. The monoisotopic (exact) mass is 169 g/mol. The van der Waals surface area contributed by atoms with Gasteiger partial charge in [-0.15, -0.1) is 0 Å². The molecule has 12 heavy (non-hydrogen) atoms. The van der Waals surface area contributed by atoms with Crippen molar-refractivity contribution < 1.29 is 0 Å². The van der Waals surface area contributed by atoms with E-state index >= 15 is 0 Å². The molecule has 70 valence electrons. The van der Waals surface area contributed by atoms with Gasteiger partial charge in [0, 0.05) is 19.5 Å². The van der Waals surface area contributed by atoms with Gasteiger partial charge < -0.3 is 0 Å². The highest BCUT2D eigenvalue weighted by atomic mass is 15.7. The Morgan fingerprint density at radius 3 is 2.25 bits per heavy atom. The van der Waals surface area contributed by atoms with E-state index in [2.05, 4.69) is 37.9 Å². The predicted octanol–water partition coefficient (Wildman–Crippen LogP) is 1.64. The Hall–Kier alpha value is -0.830. The highest BCUT2D eigenvalue weighted by Gasteiger charge is 2.16. The summed E-state index contributed by atoms with van der Waals surface area (Å²) in [4.78, 5) is 0. The molecule has 0 amide bonds. The first kappa shape index (κ1) is 11.2. The van der Waals surface area contributed by atoms with Crippen LogP contribution in [0, 0.1) is 5.41 Å². The first-order valence-electron chi connectivity index (χ1n) is 4.04. The third-order valence-corrected chi connectivity index (χ3v) is 1.54. The van der Waals surface area contributed by atoms with Crippen molar-refractivity contribution >= 4 is 5.71 Å². The summed E-state index contributed by atoms with van der Waals surface area (Å²) in [5.41, 5.74) is 3.92. The molecule has 0 heterocycles. The largest absolute Gasteiger partial charge is 0.233 e. The van der Waals surface area contributed by atoms with Crippen LogP contribution in [0.5, 0.6) is 0 Å². The summed E-state index contributed by atoms with van der Waals surface area (Å²) in [5, 5.41) is 5.97. The average molecular weight is 169 g/mol. The van der Waals surface area contributed by atoms with Crippen molar-refractivity contribution in [3.05, 3.63) is 12.7 Å². The summed E-state index contributed by atoms with van der Waals surface area (Å²) in [5.74, 6) is 0. The van der Waals surface area contributed by atoms with E-state index in [0.717, 1.165) is 5.71 Å². The molecular formula is C9H19N3. The molecule has 0 saturated carbocycles. The van der Waals surface area contributed by atoms with Crippen molar-refractivity contribution in [3.63, 3.8) is 0 Å². The third-order valence-electron chi connectivity index (χ3n) is 1.54. The average Bonchev–Trinajstić information content (AvgIpc) is 1.97. The normalized spacial score (nSPS) is 12.9. The number of hydrazone groups is 1. The number of nitrogens with one attached hydrogen (secondary N) is 1. The fraction of sp³-hybridized carbons (Fsp3) is 0.667. The van der Waals surface area contributed by atoms with Gasteiger partial charge in [0.05, 0.1) is 5.71 Å². The molecule has 0 saturated heterocycles. The lowest BCUT2D eigenvalue weighted by atomic mass is 9.90. The maximum Gasteiger partial charge on any atom is 0.0668 e. The van der Waals surface area contributed by atoms with Gasteiger partial charge in [-0.05, 0) is 6.08 Å². The maximum atomic E-state index is 4.31. The molecule has 0 aliphatic carbocycles. The van der Waals surface area contributed by atoms with E-state index < -0.39 is 0 Å². The van der Waals surface area contributed by atoms with Crippen LogP contribution in [0.25, 0.3) is 0 Å². The molecule has 0 radical (unpaired) electrons. The zero-order valence-electron chi connectivity index (χ0n) is 8.68. The van der Waals surface area contributed by atoms with Gasteiger partial charge >= 0.3 is 0 Å². The van der Waals surface area contributed by atoms with Gasteiger partial charge in [-0.2, -0.15) is 5.10 Å². The van der Waals surface area contributed by atoms with Crippen LogP contribution < -0.4 is 5.43 Å². The summed E-state index contributed by atoms with van der Waals surface area (Å²) in [6.45, 7) is 10.1. The molecule has 0 spiro atoms. The minimum atomic E-state index is 0.0485. The summed E-state index contributed by atoms with van der Waals surface area (Å²) in [6, 6.07) is 0. The summed E-state index contributed by atoms with van der Waals surface area (Å²) in [7, 11) is 3.68. The summed E-state index contributed by atoms with van der Waals surface area (Å²) >= 11 is 0. The van der Waals surface area contributed by atoms with Crippen molar-refractivity contribution in [1.82, 2.24) is 10.5 Å². The fourth-order valence-corrected chi connectivity index (χ4v) is 0.709. The Bertz CT molecular complexity index is 177. The second kappa shape index (κ2) is 4.26. The van der Waals surface area contributed by atoms with Gasteiger partial charge in [0.2, 0.25) is 0 Å². The molecule has 0 rings (SSSR count). The van der Waals surface area contributed by atoms with Gasteiger partial charge in [0.1, 0.15) is 0 Å². The van der Waals surface area contributed by atoms with Crippen molar-refractivity contribution in [1.29, 1.82) is 0 Å². The smallest absolute Gasteiger partial charge is 0.0668 e. The van der Waals surface area contributed by atoms with Crippen LogP contribution in [-0.4, -0.2) is 24.9 Å². The molecule has 0 aliphatic heterocycles. The van der Waals surface area contributed by atoms with Crippen molar-refractivity contribution in [3.8, 4) is 0 Å². The van der Waals surface area contributed by atoms with E-state index in [9.17, 15) is 0 Å². The molecule has 0 aromatic heterocycles.